The van der Waals surface area contributed by atoms with Crippen molar-refractivity contribution in [1.29, 1.82) is 0 Å². The van der Waals surface area contributed by atoms with E-state index in [0.717, 1.165) is 4.88 Å². The monoisotopic (exact) mass is 433 g/mol. The Kier molecular flexibility index (Phi) is 4.29. The molecule has 0 radical (unpaired) electrons. The first-order valence-corrected chi connectivity index (χ1v) is 9.06. The summed E-state index contributed by atoms with van der Waals surface area (Å²) >= 11 is 11.2. The lowest BCUT2D eigenvalue weighted by Gasteiger charge is -2.08. The van der Waals surface area contributed by atoms with Crippen LogP contribution in [-0.2, 0) is 17.7 Å². The number of hydrogen-bond acceptors (Lipinski definition) is 6. The molecule has 128 valence electrons. The highest BCUT2D eigenvalue weighted by atomic mass is 79.9. The van der Waals surface area contributed by atoms with Crippen LogP contribution in [0.4, 0.5) is 5.69 Å². The Labute approximate surface area is 162 Å². The molecule has 8 heteroatoms. The number of rotatable bonds is 7. The summed E-state index contributed by atoms with van der Waals surface area (Å²) in [6.45, 7) is 0.108. The first-order valence-electron chi connectivity index (χ1n) is 9.01. The highest BCUT2D eigenvalue weighted by Crippen LogP contribution is 2.36. The third-order valence-corrected chi connectivity index (χ3v) is 5.19. The van der Waals surface area contributed by atoms with E-state index in [4.69, 9.17) is 27.2 Å². The van der Waals surface area contributed by atoms with Gasteiger partial charge in [-0.15, -0.1) is 11.3 Å². The largest absolute Gasteiger partial charge is 0.456 e. The predicted octanol–water partition coefficient (Wildman–Crippen LogP) is 4.43. The highest BCUT2D eigenvalue weighted by molar-refractivity contribution is 9.10. The van der Waals surface area contributed by atoms with Gasteiger partial charge < -0.3 is 20.2 Å². The Hall–Kier alpha value is -1.12. The highest BCUT2D eigenvalue weighted by Gasteiger charge is 2.19. The molecule has 0 aromatic carbocycles. The topological polar surface area (TPSA) is 73.3 Å². The molecule has 1 atom stereocenters. The Bertz CT molecular complexity index is 963. The molecule has 0 aliphatic heterocycles. The van der Waals surface area contributed by atoms with E-state index in [1.165, 1.54) is 0 Å². The van der Waals surface area contributed by atoms with E-state index in [1.54, 1.807) is 17.4 Å². The van der Waals surface area contributed by atoms with Crippen LogP contribution in [0.15, 0.2) is 32.5 Å². The third kappa shape index (κ3) is 3.92. The number of methoxy groups -OCH3 is 1. The maximum atomic E-state index is 8.15. The van der Waals surface area contributed by atoms with Crippen LogP contribution in [0.5, 0.6) is 0 Å². The van der Waals surface area contributed by atoms with Crippen LogP contribution in [0.3, 0.4) is 0 Å². The quantitative estimate of drug-likeness (QED) is 0.538. The zero-order valence-corrected chi connectivity index (χ0v) is 15.6. The molecule has 3 heterocycles. The van der Waals surface area contributed by atoms with Gasteiger partial charge in [0.15, 0.2) is 5.58 Å². The number of nitrogens with zero attached hydrogens (tertiary/aromatic N) is 1. The fourth-order valence-electron chi connectivity index (χ4n) is 2.24. The molecule has 24 heavy (non-hydrogen) atoms. The molecule has 3 rings (SSSR count). The van der Waals surface area contributed by atoms with Gasteiger partial charge in [0.1, 0.15) is 16.4 Å². The smallest absolute Gasteiger partial charge is 0.177 e. The second-order valence-corrected chi connectivity index (χ2v) is 7.28. The van der Waals surface area contributed by atoms with Crippen LogP contribution >= 0.6 is 38.9 Å². The lowest BCUT2D eigenvalue weighted by atomic mass is 10.2. The van der Waals surface area contributed by atoms with E-state index in [0.29, 0.717) is 33.6 Å². The molecular formula is C16H17BrClN3O2S. The third-order valence-electron chi connectivity index (χ3n) is 3.30. The van der Waals surface area contributed by atoms with E-state index in [2.05, 4.69) is 31.0 Å². The van der Waals surface area contributed by atoms with Gasteiger partial charge in [0, 0.05) is 38.3 Å². The lowest BCUT2D eigenvalue weighted by Crippen LogP contribution is -2.27. The van der Waals surface area contributed by atoms with Crippen molar-refractivity contribution in [2.75, 3.05) is 19.0 Å². The van der Waals surface area contributed by atoms with Crippen LogP contribution in [0.25, 0.3) is 11.1 Å². The maximum absolute atomic E-state index is 8.15. The fourth-order valence-corrected chi connectivity index (χ4v) is 3.57. The first-order chi connectivity index (χ1) is 13.0. The van der Waals surface area contributed by atoms with Crippen LogP contribution in [0, 0.1) is 0 Å². The van der Waals surface area contributed by atoms with Crippen LogP contribution < -0.4 is 11.1 Å². The predicted molar refractivity (Wildman–Crippen MR) is 102 cm³/mol. The van der Waals surface area contributed by atoms with Crippen molar-refractivity contribution < 1.29 is 14.6 Å². The molecule has 3 N–H and O–H groups in total. The summed E-state index contributed by atoms with van der Waals surface area (Å²) in [7, 11) is -2.62. The number of ether oxygens (including phenoxy) is 1. The van der Waals surface area contributed by atoms with E-state index in [1.807, 2.05) is 17.5 Å². The number of furan rings is 1. The molecule has 3 aromatic heterocycles. The number of nitrogens with one attached hydrogen (secondary N) is 1. The summed E-state index contributed by atoms with van der Waals surface area (Å²) in [4.78, 5) is 5.42. The molecule has 0 saturated heterocycles. The zero-order valence-electron chi connectivity index (χ0n) is 16.4. The SMILES string of the molecule is [2H]C([2H])([2H])OC[C@]([2H])(N)Cc1oc2c(NCc3cccs3)cc(Cl)nc2c1Br. The van der Waals surface area contributed by atoms with Crippen molar-refractivity contribution in [1.82, 2.24) is 4.98 Å². The van der Waals surface area contributed by atoms with Crippen molar-refractivity contribution in [3.8, 4) is 0 Å². The lowest BCUT2D eigenvalue weighted by molar-refractivity contribution is 0.178. The molecule has 0 saturated carbocycles. The van der Waals surface area contributed by atoms with Crippen molar-refractivity contribution >= 4 is 55.7 Å². The molecule has 0 bridgehead atoms. The van der Waals surface area contributed by atoms with Gasteiger partial charge in [-0.3, -0.25) is 0 Å². The summed E-state index contributed by atoms with van der Waals surface area (Å²) in [6, 6.07) is 3.94. The maximum Gasteiger partial charge on any atom is 0.177 e. The van der Waals surface area contributed by atoms with E-state index < -0.39 is 19.7 Å². The molecular weight excluding hydrogens is 414 g/mol. The van der Waals surface area contributed by atoms with E-state index in [-0.39, 0.29) is 11.6 Å². The standard InChI is InChI=1S/C16H17BrClN3O2S/c1-22-8-9(19)5-12-14(17)15-16(23-12)11(6-13(18)21-15)20-7-10-3-2-4-24-10/h2-4,6,9H,5,7-8,19H2,1H3,(H,20,21)/t9-/m1/s1/i1D3,9D. The van der Waals surface area contributed by atoms with Gasteiger partial charge in [0.25, 0.3) is 0 Å². The van der Waals surface area contributed by atoms with Gasteiger partial charge in [-0.05, 0) is 27.4 Å². The second-order valence-electron chi connectivity index (χ2n) is 5.07. The molecule has 5 nitrogen and oxygen atoms in total. The van der Waals surface area contributed by atoms with Crippen LogP contribution in [-0.4, -0.2) is 24.6 Å². The summed E-state index contributed by atoms with van der Waals surface area (Å²) in [6.07, 6.45) is -0.0813. The minimum absolute atomic E-state index is 0.0813. The number of halogens is 2. The number of fused-ring (bicyclic) bond motifs is 1. The number of thiophene rings is 1. The number of aromatic nitrogens is 1. The van der Waals surface area contributed by atoms with Crippen molar-refractivity contribution in [3.05, 3.63) is 43.8 Å². The number of hydrogen-bond donors (Lipinski definition) is 2. The Morgan fingerprint density at radius 3 is 3.29 bits per heavy atom. The number of pyridine rings is 1. The first kappa shape index (κ1) is 13.1. The van der Waals surface area contributed by atoms with Crippen molar-refractivity contribution in [2.45, 2.75) is 19.0 Å². The molecule has 3 aromatic rings. The average Bonchev–Trinajstić information content (AvgIpc) is 3.20. The van der Waals surface area contributed by atoms with Crippen LogP contribution in [0.2, 0.25) is 5.15 Å². The van der Waals surface area contributed by atoms with Gasteiger partial charge in [0.2, 0.25) is 0 Å². The summed E-state index contributed by atoms with van der Waals surface area (Å²) in [5.74, 6) is 0.357. The Morgan fingerprint density at radius 1 is 1.67 bits per heavy atom. The summed E-state index contributed by atoms with van der Waals surface area (Å²) in [5.41, 5.74) is 7.50. The Morgan fingerprint density at radius 2 is 2.54 bits per heavy atom. The van der Waals surface area contributed by atoms with E-state index >= 15 is 0 Å². The van der Waals surface area contributed by atoms with Gasteiger partial charge >= 0.3 is 0 Å². The second kappa shape index (κ2) is 7.84. The van der Waals surface area contributed by atoms with Crippen molar-refractivity contribution in [2.24, 2.45) is 5.73 Å². The van der Waals surface area contributed by atoms with Crippen molar-refractivity contribution in [3.63, 3.8) is 0 Å². The zero-order chi connectivity index (χ0) is 20.5. The summed E-state index contributed by atoms with van der Waals surface area (Å²) < 4.78 is 40.5. The minimum atomic E-state index is -2.62. The van der Waals surface area contributed by atoms with Gasteiger partial charge in [-0.25, -0.2) is 4.98 Å². The molecule has 0 fully saturated rings. The summed E-state index contributed by atoms with van der Waals surface area (Å²) in [5, 5.41) is 5.55. The fraction of sp³-hybridized carbons (Fsp3) is 0.312. The molecule has 0 aliphatic carbocycles. The minimum Gasteiger partial charge on any atom is -0.456 e. The molecule has 0 aliphatic rings. The number of nitrogens with two attached hydrogens (primary N) is 1. The molecule has 0 amide bonds. The molecule has 0 spiro atoms. The Balaban J connectivity index is 1.86. The van der Waals surface area contributed by atoms with Crippen LogP contribution in [0.1, 0.15) is 16.1 Å². The average molecular weight is 435 g/mol. The van der Waals surface area contributed by atoms with Gasteiger partial charge in [-0.2, -0.15) is 0 Å². The van der Waals surface area contributed by atoms with E-state index in [9.17, 15) is 0 Å². The van der Waals surface area contributed by atoms with Gasteiger partial charge in [0.05, 0.1) is 20.9 Å². The molecule has 0 unspecified atom stereocenters. The van der Waals surface area contributed by atoms with Gasteiger partial charge in [-0.1, -0.05) is 17.7 Å². The number of anilines is 1. The normalized spacial score (nSPS) is 17.0.